The summed E-state index contributed by atoms with van der Waals surface area (Å²) in [6.45, 7) is 11.4. The number of amides is 1. The number of carbonyl (C=O) groups excluding carboxylic acids is 1. The first-order chi connectivity index (χ1) is 8.97. The lowest BCUT2D eigenvalue weighted by atomic mass is 9.98. The van der Waals surface area contributed by atoms with E-state index in [2.05, 4.69) is 42.8 Å². The second-order valence-corrected chi connectivity index (χ2v) is 5.86. The van der Waals surface area contributed by atoms with Gasteiger partial charge >= 0.3 is 0 Å². The average molecular weight is 266 g/mol. The van der Waals surface area contributed by atoms with Gasteiger partial charge in [0, 0.05) is 44.4 Å². The Labute approximate surface area is 116 Å². The Kier molecular flexibility index (Phi) is 6.90. The van der Waals surface area contributed by atoms with Crippen molar-refractivity contribution in [3.05, 3.63) is 0 Å². The van der Waals surface area contributed by atoms with Crippen molar-refractivity contribution in [2.24, 2.45) is 5.41 Å². The molecule has 1 aliphatic rings. The van der Waals surface area contributed by atoms with Crippen LogP contribution in [0.15, 0.2) is 0 Å². The fourth-order valence-electron chi connectivity index (χ4n) is 1.77. The highest BCUT2D eigenvalue weighted by molar-refractivity contribution is 5.76. The van der Waals surface area contributed by atoms with Gasteiger partial charge in [-0.25, -0.2) is 0 Å². The maximum absolute atomic E-state index is 11.6. The van der Waals surface area contributed by atoms with E-state index in [1.54, 1.807) is 0 Å². The molecule has 0 radical (unpaired) electrons. The molecular weight excluding hydrogens is 240 g/mol. The molecule has 0 spiro atoms. The van der Waals surface area contributed by atoms with Crippen LogP contribution in [0.3, 0.4) is 0 Å². The number of nitrogens with zero attached hydrogens (tertiary/aromatic N) is 1. The molecule has 0 aromatic heterocycles. The van der Waals surface area contributed by atoms with E-state index in [0.29, 0.717) is 19.4 Å². The molecule has 1 saturated heterocycles. The third kappa shape index (κ3) is 8.63. The van der Waals surface area contributed by atoms with Crippen LogP contribution in [0.25, 0.3) is 0 Å². The van der Waals surface area contributed by atoms with Crippen LogP contribution in [0.4, 0.5) is 0 Å². The Balaban J connectivity index is 2.05. The summed E-state index contributed by atoms with van der Waals surface area (Å²) < 4.78 is 5.28. The normalized spacial score (nSPS) is 16.6. The molecule has 0 aromatic rings. The van der Waals surface area contributed by atoms with Crippen molar-refractivity contribution >= 4 is 5.91 Å². The number of ether oxygens (including phenoxy) is 1. The van der Waals surface area contributed by atoms with E-state index >= 15 is 0 Å². The van der Waals surface area contributed by atoms with Crippen LogP contribution in [-0.2, 0) is 9.53 Å². The maximum atomic E-state index is 11.6. The number of hydrogen-bond acceptors (Lipinski definition) is 3. The van der Waals surface area contributed by atoms with E-state index in [4.69, 9.17) is 4.74 Å². The van der Waals surface area contributed by atoms with Gasteiger partial charge in [0.15, 0.2) is 0 Å². The van der Waals surface area contributed by atoms with Gasteiger partial charge in [0.1, 0.15) is 0 Å². The zero-order valence-electron chi connectivity index (χ0n) is 12.4. The molecular formula is C15H26N2O2. The van der Waals surface area contributed by atoms with E-state index in [1.165, 1.54) is 0 Å². The molecule has 1 rings (SSSR count). The minimum Gasteiger partial charge on any atom is -0.379 e. The summed E-state index contributed by atoms with van der Waals surface area (Å²) in [5.74, 6) is 6.29. The number of rotatable bonds is 5. The average Bonchev–Trinajstić information content (AvgIpc) is 2.35. The summed E-state index contributed by atoms with van der Waals surface area (Å²) in [5.41, 5.74) is 0.0206. The first-order valence-corrected chi connectivity index (χ1v) is 7.04. The zero-order chi connectivity index (χ0) is 14.1. The first kappa shape index (κ1) is 16.0. The topological polar surface area (TPSA) is 41.6 Å². The van der Waals surface area contributed by atoms with Crippen LogP contribution >= 0.6 is 0 Å². The molecule has 4 nitrogen and oxygen atoms in total. The highest BCUT2D eigenvalue weighted by Crippen LogP contribution is 2.09. The first-order valence-electron chi connectivity index (χ1n) is 7.04. The van der Waals surface area contributed by atoms with E-state index in [1.807, 2.05) is 0 Å². The van der Waals surface area contributed by atoms with Gasteiger partial charge < -0.3 is 10.1 Å². The summed E-state index contributed by atoms with van der Waals surface area (Å²) in [6, 6.07) is 0. The van der Waals surface area contributed by atoms with Crippen molar-refractivity contribution in [2.75, 3.05) is 39.4 Å². The van der Waals surface area contributed by atoms with Gasteiger partial charge in [0.05, 0.1) is 13.2 Å². The molecule has 1 N–H and O–H groups in total. The molecule has 1 fully saturated rings. The fraction of sp³-hybridized carbons (Fsp3) is 0.800. The van der Waals surface area contributed by atoms with Crippen molar-refractivity contribution in [2.45, 2.75) is 33.6 Å². The Morgan fingerprint density at radius 2 is 2.00 bits per heavy atom. The molecule has 4 heteroatoms. The van der Waals surface area contributed by atoms with E-state index in [9.17, 15) is 4.79 Å². The number of nitrogens with one attached hydrogen (secondary N) is 1. The van der Waals surface area contributed by atoms with E-state index in [0.717, 1.165) is 32.8 Å². The quantitative estimate of drug-likeness (QED) is 0.762. The van der Waals surface area contributed by atoms with Gasteiger partial charge in [-0.05, 0) is 20.8 Å². The summed E-state index contributed by atoms with van der Waals surface area (Å²) in [5, 5.41) is 2.94. The number of morpholine rings is 1. The number of hydrogen-bond donors (Lipinski definition) is 1. The molecule has 1 aliphatic heterocycles. The third-order valence-electron chi connectivity index (χ3n) is 2.79. The molecule has 0 atom stereocenters. The van der Waals surface area contributed by atoms with Gasteiger partial charge in [-0.1, -0.05) is 5.92 Å². The molecule has 1 heterocycles. The van der Waals surface area contributed by atoms with Crippen LogP contribution in [0.2, 0.25) is 0 Å². The molecule has 0 unspecified atom stereocenters. The molecule has 0 bridgehead atoms. The summed E-state index contributed by atoms with van der Waals surface area (Å²) in [6.07, 6.45) is 1.13. The molecule has 0 saturated carbocycles. The second-order valence-electron chi connectivity index (χ2n) is 5.86. The van der Waals surface area contributed by atoms with Crippen molar-refractivity contribution in [1.82, 2.24) is 10.2 Å². The standard InChI is InChI=1S/C15H26N2O2/c1-15(2,3)7-5-4-6-14(18)16-8-9-17-10-12-19-13-11-17/h4,6,8-13H2,1-3H3,(H,16,18). The highest BCUT2D eigenvalue weighted by Gasteiger charge is 2.09. The van der Waals surface area contributed by atoms with Crippen molar-refractivity contribution in [1.29, 1.82) is 0 Å². The Hall–Kier alpha value is -1.05. The monoisotopic (exact) mass is 266 g/mol. The molecule has 0 aliphatic carbocycles. The van der Waals surface area contributed by atoms with Crippen molar-refractivity contribution < 1.29 is 9.53 Å². The van der Waals surface area contributed by atoms with Gasteiger partial charge in [0.2, 0.25) is 5.91 Å². The predicted octanol–water partition coefficient (Wildman–Crippen LogP) is 1.26. The van der Waals surface area contributed by atoms with E-state index in [-0.39, 0.29) is 11.3 Å². The second kappa shape index (κ2) is 8.19. The van der Waals surface area contributed by atoms with Crippen LogP contribution in [0.5, 0.6) is 0 Å². The summed E-state index contributed by atoms with van der Waals surface area (Å²) in [4.78, 5) is 13.9. The lowest BCUT2D eigenvalue weighted by molar-refractivity contribution is -0.121. The minimum atomic E-state index is 0.0206. The predicted molar refractivity (Wildman–Crippen MR) is 76.7 cm³/mol. The Bertz CT molecular complexity index is 330. The highest BCUT2D eigenvalue weighted by atomic mass is 16.5. The lowest BCUT2D eigenvalue weighted by Gasteiger charge is -2.26. The molecule has 0 aromatic carbocycles. The molecule has 19 heavy (non-hydrogen) atoms. The van der Waals surface area contributed by atoms with Gasteiger partial charge in [-0.3, -0.25) is 9.69 Å². The smallest absolute Gasteiger partial charge is 0.220 e. The molecule has 108 valence electrons. The van der Waals surface area contributed by atoms with Crippen LogP contribution in [0.1, 0.15) is 33.6 Å². The van der Waals surface area contributed by atoms with Crippen LogP contribution in [-0.4, -0.2) is 50.2 Å². The van der Waals surface area contributed by atoms with Crippen molar-refractivity contribution in [3.8, 4) is 11.8 Å². The Morgan fingerprint density at radius 3 is 2.63 bits per heavy atom. The van der Waals surface area contributed by atoms with E-state index < -0.39 is 0 Å². The minimum absolute atomic E-state index is 0.0206. The third-order valence-corrected chi connectivity index (χ3v) is 2.79. The van der Waals surface area contributed by atoms with Gasteiger partial charge in [0.25, 0.3) is 0 Å². The largest absolute Gasteiger partial charge is 0.379 e. The summed E-state index contributed by atoms with van der Waals surface area (Å²) in [7, 11) is 0. The Morgan fingerprint density at radius 1 is 1.32 bits per heavy atom. The lowest BCUT2D eigenvalue weighted by Crippen LogP contribution is -2.41. The maximum Gasteiger partial charge on any atom is 0.220 e. The van der Waals surface area contributed by atoms with Gasteiger partial charge in [-0.2, -0.15) is 0 Å². The van der Waals surface area contributed by atoms with Crippen LogP contribution in [0, 0.1) is 17.3 Å². The zero-order valence-corrected chi connectivity index (χ0v) is 12.4. The summed E-state index contributed by atoms with van der Waals surface area (Å²) >= 11 is 0. The van der Waals surface area contributed by atoms with Gasteiger partial charge in [-0.15, -0.1) is 5.92 Å². The fourth-order valence-corrected chi connectivity index (χ4v) is 1.77. The van der Waals surface area contributed by atoms with Crippen LogP contribution < -0.4 is 5.32 Å². The number of carbonyl (C=O) groups is 1. The van der Waals surface area contributed by atoms with Crippen molar-refractivity contribution in [3.63, 3.8) is 0 Å². The molecule has 1 amide bonds. The SMILES string of the molecule is CC(C)(C)C#CCCC(=O)NCCN1CCOCC1.